The monoisotopic (exact) mass is 309 g/mol. The number of fused-ring (bicyclic) bond motifs is 1. The van der Waals surface area contributed by atoms with E-state index in [1.807, 2.05) is 0 Å². The highest BCUT2D eigenvalue weighted by Gasteiger charge is 2.09. The van der Waals surface area contributed by atoms with Gasteiger partial charge in [-0.2, -0.15) is 0 Å². The summed E-state index contributed by atoms with van der Waals surface area (Å²) >= 11 is 0. The fourth-order valence-electron chi connectivity index (χ4n) is 2.16. The van der Waals surface area contributed by atoms with Gasteiger partial charge in [-0.25, -0.2) is 19.6 Å². The fraction of sp³-hybridized carbons (Fsp3) is 0. The molecule has 23 heavy (non-hydrogen) atoms. The van der Waals surface area contributed by atoms with Gasteiger partial charge in [0.1, 0.15) is 12.1 Å². The Morgan fingerprint density at radius 1 is 0.913 bits per heavy atom. The summed E-state index contributed by atoms with van der Waals surface area (Å²) in [6, 6.07) is 10.9. The van der Waals surface area contributed by atoms with Crippen molar-refractivity contribution in [3.8, 4) is 0 Å². The summed E-state index contributed by atoms with van der Waals surface area (Å²) in [5, 5.41) is 21.7. The van der Waals surface area contributed by atoms with Crippen molar-refractivity contribution in [2.24, 2.45) is 0 Å². The van der Waals surface area contributed by atoms with E-state index in [4.69, 9.17) is 10.2 Å². The number of hydrogen-bond donors (Lipinski definition) is 3. The van der Waals surface area contributed by atoms with E-state index in [1.54, 1.807) is 18.2 Å². The molecule has 114 valence electrons. The molecule has 0 aliphatic carbocycles. The summed E-state index contributed by atoms with van der Waals surface area (Å²) in [4.78, 5) is 30.2. The average Bonchev–Trinajstić information content (AvgIpc) is 2.55. The normalized spacial score (nSPS) is 10.4. The summed E-state index contributed by atoms with van der Waals surface area (Å²) in [5.41, 5.74) is 1.33. The number of nitrogens with one attached hydrogen (secondary N) is 1. The van der Waals surface area contributed by atoms with E-state index >= 15 is 0 Å². The average molecular weight is 309 g/mol. The molecular formula is C16H11N3O4. The quantitative estimate of drug-likeness (QED) is 0.679. The highest BCUT2D eigenvalue weighted by Crippen LogP contribution is 2.24. The maximum atomic E-state index is 11.0. The van der Waals surface area contributed by atoms with Crippen LogP contribution in [0.1, 0.15) is 20.7 Å². The van der Waals surface area contributed by atoms with E-state index < -0.39 is 11.9 Å². The molecule has 0 aliphatic heterocycles. The summed E-state index contributed by atoms with van der Waals surface area (Å²) in [5.74, 6) is -1.59. The fourth-order valence-corrected chi connectivity index (χ4v) is 2.16. The summed E-state index contributed by atoms with van der Waals surface area (Å²) < 4.78 is 0. The van der Waals surface area contributed by atoms with Crippen LogP contribution in [0.4, 0.5) is 11.5 Å². The van der Waals surface area contributed by atoms with Crippen LogP contribution in [0.15, 0.2) is 48.8 Å². The van der Waals surface area contributed by atoms with E-state index in [0.29, 0.717) is 22.4 Å². The van der Waals surface area contributed by atoms with Gasteiger partial charge in [0, 0.05) is 11.1 Å². The minimum Gasteiger partial charge on any atom is -0.478 e. The Labute approximate surface area is 130 Å². The second kappa shape index (κ2) is 5.72. The predicted molar refractivity (Wildman–Crippen MR) is 83.2 cm³/mol. The lowest BCUT2D eigenvalue weighted by Gasteiger charge is -2.09. The summed E-state index contributed by atoms with van der Waals surface area (Å²) in [7, 11) is 0. The Morgan fingerprint density at radius 3 is 2.39 bits per heavy atom. The molecule has 1 aromatic heterocycles. The number of aromatic nitrogens is 2. The zero-order valence-electron chi connectivity index (χ0n) is 11.7. The van der Waals surface area contributed by atoms with E-state index in [0.717, 1.165) is 0 Å². The molecule has 0 fully saturated rings. The van der Waals surface area contributed by atoms with Gasteiger partial charge < -0.3 is 15.5 Å². The minimum absolute atomic E-state index is 0.134. The van der Waals surface area contributed by atoms with Crippen molar-refractivity contribution in [1.82, 2.24) is 9.97 Å². The first-order valence-corrected chi connectivity index (χ1v) is 6.63. The summed E-state index contributed by atoms with van der Waals surface area (Å²) in [6.45, 7) is 0. The van der Waals surface area contributed by atoms with Crippen LogP contribution < -0.4 is 5.32 Å². The second-order valence-electron chi connectivity index (χ2n) is 4.77. The molecule has 1 heterocycles. The predicted octanol–water partition coefficient (Wildman–Crippen LogP) is 2.77. The number of carboxylic acids is 2. The Bertz CT molecular complexity index is 924. The second-order valence-corrected chi connectivity index (χ2v) is 4.77. The number of benzene rings is 2. The molecule has 0 unspecified atom stereocenters. The van der Waals surface area contributed by atoms with Crippen molar-refractivity contribution in [3.05, 3.63) is 59.9 Å². The lowest BCUT2D eigenvalue weighted by atomic mass is 10.1. The first kappa shape index (κ1) is 14.5. The Kier molecular flexibility index (Phi) is 3.60. The van der Waals surface area contributed by atoms with Crippen LogP contribution in [-0.2, 0) is 0 Å². The molecule has 0 amide bonds. The minimum atomic E-state index is -1.03. The van der Waals surface area contributed by atoms with Gasteiger partial charge in [0.15, 0.2) is 0 Å². The molecule has 2 aromatic carbocycles. The third-order valence-electron chi connectivity index (χ3n) is 3.26. The maximum absolute atomic E-state index is 11.0. The first-order valence-electron chi connectivity index (χ1n) is 6.63. The van der Waals surface area contributed by atoms with Crippen LogP contribution in [-0.4, -0.2) is 32.1 Å². The van der Waals surface area contributed by atoms with Gasteiger partial charge in [-0.15, -0.1) is 0 Å². The van der Waals surface area contributed by atoms with Crippen molar-refractivity contribution in [2.45, 2.75) is 0 Å². The van der Waals surface area contributed by atoms with E-state index in [2.05, 4.69) is 15.3 Å². The number of nitrogens with zero attached hydrogens (tertiary/aromatic N) is 2. The largest absolute Gasteiger partial charge is 0.478 e. The van der Waals surface area contributed by atoms with E-state index in [9.17, 15) is 9.59 Å². The lowest BCUT2D eigenvalue weighted by molar-refractivity contribution is 0.0686. The van der Waals surface area contributed by atoms with Gasteiger partial charge in [-0.05, 0) is 36.4 Å². The molecule has 3 aromatic rings. The molecule has 0 aliphatic rings. The van der Waals surface area contributed by atoms with Gasteiger partial charge in [0.05, 0.1) is 16.6 Å². The van der Waals surface area contributed by atoms with Crippen molar-refractivity contribution >= 4 is 34.3 Å². The van der Waals surface area contributed by atoms with Crippen molar-refractivity contribution in [2.75, 3.05) is 5.32 Å². The van der Waals surface area contributed by atoms with Crippen LogP contribution in [0.5, 0.6) is 0 Å². The number of anilines is 2. The van der Waals surface area contributed by atoms with Gasteiger partial charge in [0.2, 0.25) is 0 Å². The number of hydrogen-bond acceptors (Lipinski definition) is 5. The van der Waals surface area contributed by atoms with Crippen molar-refractivity contribution < 1.29 is 19.8 Å². The third-order valence-corrected chi connectivity index (χ3v) is 3.26. The first-order chi connectivity index (χ1) is 11.0. The van der Waals surface area contributed by atoms with Crippen LogP contribution in [0, 0.1) is 0 Å². The Morgan fingerprint density at radius 2 is 1.65 bits per heavy atom. The molecule has 0 radical (unpaired) electrons. The molecule has 7 nitrogen and oxygen atoms in total. The smallest absolute Gasteiger partial charge is 0.335 e. The molecule has 0 atom stereocenters. The molecule has 3 rings (SSSR count). The van der Waals surface area contributed by atoms with Crippen LogP contribution in [0.25, 0.3) is 10.9 Å². The molecule has 7 heteroatoms. The van der Waals surface area contributed by atoms with E-state index in [1.165, 1.54) is 30.6 Å². The Balaban J connectivity index is 2.02. The number of carbonyl (C=O) groups is 2. The Hall–Kier alpha value is -3.48. The van der Waals surface area contributed by atoms with Gasteiger partial charge in [0.25, 0.3) is 0 Å². The molecule has 0 saturated carbocycles. The summed E-state index contributed by atoms with van der Waals surface area (Å²) in [6.07, 6.45) is 1.32. The zero-order chi connectivity index (χ0) is 16.4. The highest BCUT2D eigenvalue weighted by atomic mass is 16.4. The van der Waals surface area contributed by atoms with Crippen LogP contribution >= 0.6 is 0 Å². The van der Waals surface area contributed by atoms with Gasteiger partial charge in [-0.1, -0.05) is 6.07 Å². The standard InChI is InChI=1S/C16H11N3O4/c20-15(21)9-2-1-3-11(6-9)19-14-12-5-4-10(16(22)23)7-13(12)17-8-18-14/h1-8H,(H,20,21)(H,22,23)(H,17,18,19). The zero-order valence-corrected chi connectivity index (χ0v) is 11.7. The lowest BCUT2D eigenvalue weighted by Crippen LogP contribution is -2.01. The van der Waals surface area contributed by atoms with E-state index in [-0.39, 0.29) is 11.1 Å². The SMILES string of the molecule is O=C(O)c1cccc(Nc2ncnc3cc(C(=O)O)ccc23)c1. The molecule has 0 saturated heterocycles. The topological polar surface area (TPSA) is 112 Å². The molecule has 3 N–H and O–H groups in total. The van der Waals surface area contributed by atoms with Crippen LogP contribution in [0.2, 0.25) is 0 Å². The van der Waals surface area contributed by atoms with Crippen molar-refractivity contribution in [1.29, 1.82) is 0 Å². The van der Waals surface area contributed by atoms with Crippen LogP contribution in [0.3, 0.4) is 0 Å². The van der Waals surface area contributed by atoms with Crippen molar-refractivity contribution in [3.63, 3.8) is 0 Å². The third kappa shape index (κ3) is 2.93. The molecule has 0 bridgehead atoms. The molecular weight excluding hydrogens is 298 g/mol. The number of aromatic carboxylic acids is 2. The van der Waals surface area contributed by atoms with Gasteiger partial charge >= 0.3 is 11.9 Å². The van der Waals surface area contributed by atoms with Gasteiger partial charge in [-0.3, -0.25) is 0 Å². The number of carboxylic acid groups (broad SMARTS) is 2. The highest BCUT2D eigenvalue weighted by molar-refractivity contribution is 5.97. The number of rotatable bonds is 4. The maximum Gasteiger partial charge on any atom is 0.335 e. The molecule has 0 spiro atoms.